The number of hydrogen-bond acceptors (Lipinski definition) is 2. The van der Waals surface area contributed by atoms with Crippen LogP contribution in [0.5, 0.6) is 0 Å². The summed E-state index contributed by atoms with van der Waals surface area (Å²) in [6.45, 7) is 5.72. The summed E-state index contributed by atoms with van der Waals surface area (Å²) in [6, 6.07) is -0.207. The fourth-order valence-corrected chi connectivity index (χ4v) is 1.59. The Kier molecular flexibility index (Phi) is 3.68. The van der Waals surface area contributed by atoms with E-state index in [0.717, 1.165) is 0 Å². The first-order valence-electron chi connectivity index (χ1n) is 5.39. The fraction of sp³-hybridized carbons (Fsp3) is 0.800. The maximum absolute atomic E-state index is 12.3. The second-order valence-corrected chi connectivity index (χ2v) is 4.53. The van der Waals surface area contributed by atoms with Gasteiger partial charge >= 0.3 is 11.9 Å². The molecule has 0 atom stereocenters. The third kappa shape index (κ3) is 3.10. The van der Waals surface area contributed by atoms with Crippen LogP contribution in [0.25, 0.3) is 0 Å². The molecule has 0 aliphatic rings. The van der Waals surface area contributed by atoms with E-state index in [-0.39, 0.29) is 12.0 Å². The molecule has 0 N–H and O–H groups in total. The molecule has 0 saturated carbocycles. The molecule has 17 heavy (non-hydrogen) atoms. The lowest BCUT2D eigenvalue weighted by Gasteiger charge is -2.10. The van der Waals surface area contributed by atoms with Crippen LogP contribution in [0.3, 0.4) is 0 Å². The van der Waals surface area contributed by atoms with Crippen LogP contribution in [0, 0.1) is 0 Å². The fourth-order valence-electron chi connectivity index (χ4n) is 1.59. The van der Waals surface area contributed by atoms with Gasteiger partial charge in [-0.2, -0.15) is 18.3 Å². The lowest BCUT2D eigenvalue weighted by Crippen LogP contribution is -2.31. The molecule has 0 fully saturated rings. The molecule has 0 amide bonds. The standard InChI is InChI=1S/C10H16F3N3O/c1-6(2)8-14-15(5-10(11,12)13)9(17)16(8)7(3)4/h6-7H,5H2,1-4H3. The minimum atomic E-state index is -4.44. The van der Waals surface area contributed by atoms with Gasteiger partial charge in [-0.25, -0.2) is 9.48 Å². The second-order valence-electron chi connectivity index (χ2n) is 4.53. The maximum Gasteiger partial charge on any atom is 0.408 e. The summed E-state index contributed by atoms with van der Waals surface area (Å²) in [7, 11) is 0. The minimum Gasteiger partial charge on any atom is -0.276 e. The number of nitrogens with zero attached hydrogens (tertiary/aromatic N) is 3. The quantitative estimate of drug-likeness (QED) is 0.827. The number of hydrogen-bond donors (Lipinski definition) is 0. The van der Waals surface area contributed by atoms with E-state index in [4.69, 9.17) is 0 Å². The number of rotatable bonds is 3. The van der Waals surface area contributed by atoms with Crippen molar-refractivity contribution < 1.29 is 13.2 Å². The smallest absolute Gasteiger partial charge is 0.276 e. The zero-order chi connectivity index (χ0) is 13.4. The van der Waals surface area contributed by atoms with Gasteiger partial charge in [0, 0.05) is 12.0 Å². The van der Waals surface area contributed by atoms with Gasteiger partial charge in [-0.1, -0.05) is 13.8 Å². The van der Waals surface area contributed by atoms with Gasteiger partial charge in [0.1, 0.15) is 12.4 Å². The molecule has 0 saturated heterocycles. The Labute approximate surface area is 97.0 Å². The highest BCUT2D eigenvalue weighted by atomic mass is 19.4. The predicted octanol–water partition coefficient (Wildman–Crippen LogP) is 2.31. The van der Waals surface area contributed by atoms with Crippen molar-refractivity contribution in [1.29, 1.82) is 0 Å². The Morgan fingerprint density at radius 1 is 1.24 bits per heavy atom. The van der Waals surface area contributed by atoms with Gasteiger partial charge in [-0.15, -0.1) is 0 Å². The van der Waals surface area contributed by atoms with Crippen molar-refractivity contribution >= 4 is 0 Å². The molecule has 0 aromatic carbocycles. The highest BCUT2D eigenvalue weighted by molar-refractivity contribution is 4.95. The van der Waals surface area contributed by atoms with Crippen molar-refractivity contribution in [1.82, 2.24) is 14.3 Å². The van der Waals surface area contributed by atoms with Gasteiger partial charge in [0.2, 0.25) is 0 Å². The van der Waals surface area contributed by atoms with Crippen molar-refractivity contribution in [3.8, 4) is 0 Å². The van der Waals surface area contributed by atoms with Crippen molar-refractivity contribution in [3.63, 3.8) is 0 Å². The Morgan fingerprint density at radius 2 is 1.76 bits per heavy atom. The maximum atomic E-state index is 12.3. The van der Waals surface area contributed by atoms with Crippen LogP contribution >= 0.6 is 0 Å². The van der Waals surface area contributed by atoms with E-state index < -0.39 is 18.4 Å². The molecular formula is C10H16F3N3O. The molecule has 0 radical (unpaired) electrons. The van der Waals surface area contributed by atoms with Gasteiger partial charge in [0.25, 0.3) is 0 Å². The Hall–Kier alpha value is -1.27. The number of aromatic nitrogens is 3. The largest absolute Gasteiger partial charge is 0.408 e. The Balaban J connectivity index is 3.27. The zero-order valence-corrected chi connectivity index (χ0v) is 10.2. The summed E-state index contributed by atoms with van der Waals surface area (Å²) in [5, 5.41) is 3.76. The van der Waals surface area contributed by atoms with Crippen LogP contribution in [0.4, 0.5) is 13.2 Å². The topological polar surface area (TPSA) is 39.8 Å². The molecule has 0 unspecified atom stereocenters. The van der Waals surface area contributed by atoms with E-state index in [0.29, 0.717) is 10.5 Å². The van der Waals surface area contributed by atoms with Crippen LogP contribution in [-0.2, 0) is 6.54 Å². The molecule has 4 nitrogen and oxygen atoms in total. The molecule has 1 rings (SSSR count). The van der Waals surface area contributed by atoms with Crippen LogP contribution < -0.4 is 5.69 Å². The number of halogens is 3. The summed E-state index contributed by atoms with van der Waals surface area (Å²) in [6.07, 6.45) is -4.44. The van der Waals surface area contributed by atoms with Gasteiger partial charge in [0.15, 0.2) is 0 Å². The summed E-state index contributed by atoms with van der Waals surface area (Å²) < 4.78 is 38.6. The van der Waals surface area contributed by atoms with Crippen LogP contribution in [-0.4, -0.2) is 20.5 Å². The van der Waals surface area contributed by atoms with E-state index in [9.17, 15) is 18.0 Å². The van der Waals surface area contributed by atoms with E-state index in [1.165, 1.54) is 4.57 Å². The van der Waals surface area contributed by atoms with Gasteiger partial charge in [0.05, 0.1) is 0 Å². The molecule has 0 spiro atoms. The third-order valence-electron chi connectivity index (χ3n) is 2.26. The van der Waals surface area contributed by atoms with Gasteiger partial charge in [-0.3, -0.25) is 4.57 Å². The minimum absolute atomic E-state index is 0.0976. The summed E-state index contributed by atoms with van der Waals surface area (Å²) in [5.41, 5.74) is -0.707. The second kappa shape index (κ2) is 4.54. The molecule has 98 valence electrons. The van der Waals surface area contributed by atoms with E-state index in [1.807, 2.05) is 0 Å². The molecule has 0 bridgehead atoms. The predicted molar refractivity (Wildman–Crippen MR) is 57.0 cm³/mol. The molecule has 1 aromatic rings. The van der Waals surface area contributed by atoms with Crippen LogP contribution in [0.15, 0.2) is 4.79 Å². The van der Waals surface area contributed by atoms with Crippen LogP contribution in [0.2, 0.25) is 0 Å². The normalized spacial score (nSPS) is 12.8. The molecule has 7 heteroatoms. The van der Waals surface area contributed by atoms with Crippen molar-refractivity contribution in [2.24, 2.45) is 0 Å². The first kappa shape index (κ1) is 13.8. The molecule has 1 heterocycles. The highest BCUT2D eigenvalue weighted by Crippen LogP contribution is 2.18. The lowest BCUT2D eigenvalue weighted by atomic mass is 10.2. The Bertz CT molecular complexity index is 443. The summed E-state index contributed by atoms with van der Waals surface area (Å²) >= 11 is 0. The van der Waals surface area contributed by atoms with E-state index in [2.05, 4.69) is 5.10 Å². The lowest BCUT2D eigenvalue weighted by molar-refractivity contribution is -0.143. The van der Waals surface area contributed by atoms with E-state index >= 15 is 0 Å². The SMILES string of the molecule is CC(C)c1nn(CC(F)(F)F)c(=O)n1C(C)C. The van der Waals surface area contributed by atoms with Crippen molar-refractivity contribution in [2.75, 3.05) is 0 Å². The average molecular weight is 251 g/mol. The summed E-state index contributed by atoms with van der Waals surface area (Å²) in [5.74, 6) is 0.286. The van der Waals surface area contributed by atoms with Crippen molar-refractivity contribution in [3.05, 3.63) is 16.3 Å². The highest BCUT2D eigenvalue weighted by Gasteiger charge is 2.31. The molecule has 0 aliphatic carbocycles. The van der Waals surface area contributed by atoms with Gasteiger partial charge in [-0.05, 0) is 13.8 Å². The molecule has 1 aromatic heterocycles. The number of alkyl halides is 3. The third-order valence-corrected chi connectivity index (χ3v) is 2.26. The van der Waals surface area contributed by atoms with E-state index in [1.54, 1.807) is 27.7 Å². The first-order valence-corrected chi connectivity index (χ1v) is 5.39. The molecule has 0 aliphatic heterocycles. The monoisotopic (exact) mass is 251 g/mol. The summed E-state index contributed by atoms with van der Waals surface area (Å²) in [4.78, 5) is 11.8. The van der Waals surface area contributed by atoms with Gasteiger partial charge < -0.3 is 0 Å². The zero-order valence-electron chi connectivity index (χ0n) is 10.2. The van der Waals surface area contributed by atoms with Crippen LogP contribution in [0.1, 0.15) is 45.5 Å². The average Bonchev–Trinajstić information content (AvgIpc) is 2.41. The Morgan fingerprint density at radius 3 is 2.06 bits per heavy atom. The van der Waals surface area contributed by atoms with Crippen molar-refractivity contribution in [2.45, 2.75) is 52.4 Å². The first-order chi connectivity index (χ1) is 7.63. The molecular weight excluding hydrogens is 235 g/mol.